The Hall–Kier alpha value is -2.49. The summed E-state index contributed by atoms with van der Waals surface area (Å²) in [7, 11) is 0. The van der Waals surface area contributed by atoms with Crippen LogP contribution in [0.15, 0.2) is 60.7 Å². The lowest BCUT2D eigenvalue weighted by Gasteiger charge is -2.12. The number of hydrogen-bond acceptors (Lipinski definition) is 2. The molecule has 0 saturated carbocycles. The molecular weight excluding hydrogens is 359 g/mol. The highest BCUT2D eigenvalue weighted by Crippen LogP contribution is 2.30. The Balaban J connectivity index is 1.95. The number of carboxylic acid groups (broad SMARTS) is 1. The second-order valence-corrected chi connectivity index (χ2v) is 6.22. The number of carboxylic acids is 1. The van der Waals surface area contributed by atoms with Crippen molar-refractivity contribution in [3.63, 3.8) is 0 Å². The minimum absolute atomic E-state index is 0.295. The van der Waals surface area contributed by atoms with Crippen LogP contribution in [0.2, 0.25) is 10.0 Å². The number of benzene rings is 3. The highest BCUT2D eigenvalue weighted by atomic mass is 35.5. The van der Waals surface area contributed by atoms with E-state index < -0.39 is 5.97 Å². The normalized spacial score (nSPS) is 11.1. The van der Waals surface area contributed by atoms with E-state index in [9.17, 15) is 4.79 Å². The molecule has 0 saturated heterocycles. The molecule has 0 heterocycles. The van der Waals surface area contributed by atoms with E-state index in [1.807, 2.05) is 42.5 Å². The van der Waals surface area contributed by atoms with Crippen molar-refractivity contribution < 1.29 is 14.6 Å². The zero-order valence-corrected chi connectivity index (χ0v) is 14.6. The molecular formula is C20H14Cl2O3. The van der Waals surface area contributed by atoms with Crippen LogP contribution in [0.4, 0.5) is 0 Å². The molecule has 25 heavy (non-hydrogen) atoms. The number of rotatable bonds is 5. The van der Waals surface area contributed by atoms with E-state index in [0.717, 1.165) is 28.0 Å². The van der Waals surface area contributed by atoms with Gasteiger partial charge in [0.1, 0.15) is 12.4 Å². The topological polar surface area (TPSA) is 46.5 Å². The lowest BCUT2D eigenvalue weighted by atomic mass is 10.0. The lowest BCUT2D eigenvalue weighted by Crippen LogP contribution is -1.98. The zero-order valence-electron chi connectivity index (χ0n) is 13.1. The van der Waals surface area contributed by atoms with Crippen LogP contribution < -0.4 is 4.74 Å². The summed E-state index contributed by atoms with van der Waals surface area (Å²) in [4.78, 5) is 10.9. The van der Waals surface area contributed by atoms with Crippen molar-refractivity contribution >= 4 is 46.0 Å². The van der Waals surface area contributed by atoms with E-state index in [2.05, 4.69) is 0 Å². The van der Waals surface area contributed by atoms with Gasteiger partial charge in [-0.05, 0) is 40.6 Å². The average Bonchev–Trinajstić information content (AvgIpc) is 2.61. The van der Waals surface area contributed by atoms with Gasteiger partial charge in [-0.25, -0.2) is 4.79 Å². The molecule has 126 valence electrons. The summed E-state index contributed by atoms with van der Waals surface area (Å²) in [6, 6.07) is 16.8. The molecule has 0 atom stereocenters. The summed E-state index contributed by atoms with van der Waals surface area (Å²) in [5, 5.41) is 11.8. The maximum absolute atomic E-state index is 10.9. The van der Waals surface area contributed by atoms with Gasteiger partial charge in [0.05, 0.1) is 10.0 Å². The predicted molar refractivity (Wildman–Crippen MR) is 101 cm³/mol. The summed E-state index contributed by atoms with van der Waals surface area (Å²) in [6.07, 6.45) is 2.66. The zero-order chi connectivity index (χ0) is 17.8. The van der Waals surface area contributed by atoms with E-state index in [-0.39, 0.29) is 0 Å². The molecule has 0 fully saturated rings. The van der Waals surface area contributed by atoms with Crippen molar-refractivity contribution in [1.82, 2.24) is 0 Å². The fraction of sp³-hybridized carbons (Fsp3) is 0.0500. The fourth-order valence-corrected chi connectivity index (χ4v) is 2.84. The van der Waals surface area contributed by atoms with Gasteiger partial charge in [-0.2, -0.15) is 0 Å². The van der Waals surface area contributed by atoms with Gasteiger partial charge in [-0.15, -0.1) is 0 Å². The van der Waals surface area contributed by atoms with Crippen molar-refractivity contribution in [2.45, 2.75) is 6.61 Å². The smallest absolute Gasteiger partial charge is 0.328 e. The molecule has 3 aromatic carbocycles. The first kappa shape index (κ1) is 17.3. The van der Waals surface area contributed by atoms with Crippen LogP contribution in [-0.4, -0.2) is 11.1 Å². The van der Waals surface area contributed by atoms with Gasteiger partial charge in [0.15, 0.2) is 0 Å². The third kappa shape index (κ3) is 4.13. The molecule has 0 spiro atoms. The van der Waals surface area contributed by atoms with Crippen LogP contribution in [0, 0.1) is 0 Å². The third-order valence-electron chi connectivity index (χ3n) is 3.70. The maximum atomic E-state index is 10.9. The second-order valence-electron chi connectivity index (χ2n) is 5.41. The first-order valence-electron chi connectivity index (χ1n) is 7.54. The Labute approximate surface area is 155 Å². The first-order chi connectivity index (χ1) is 12.0. The van der Waals surface area contributed by atoms with Gasteiger partial charge in [-0.3, -0.25) is 0 Å². The Morgan fingerprint density at radius 1 is 1.04 bits per heavy atom. The molecule has 0 amide bonds. The van der Waals surface area contributed by atoms with E-state index >= 15 is 0 Å². The van der Waals surface area contributed by atoms with Gasteiger partial charge in [0.25, 0.3) is 0 Å². The molecule has 1 N–H and O–H groups in total. The molecule has 0 aliphatic heterocycles. The minimum atomic E-state index is -1.01. The monoisotopic (exact) mass is 372 g/mol. The summed E-state index contributed by atoms with van der Waals surface area (Å²) in [5.74, 6) is -0.411. The maximum Gasteiger partial charge on any atom is 0.328 e. The van der Waals surface area contributed by atoms with Crippen molar-refractivity contribution in [3.8, 4) is 5.75 Å². The van der Waals surface area contributed by atoms with E-state index in [1.54, 1.807) is 18.2 Å². The molecule has 0 aromatic heterocycles. The number of fused-ring (bicyclic) bond motifs is 1. The Bertz CT molecular complexity index is 964. The molecule has 0 unspecified atom stereocenters. The molecule has 0 aliphatic carbocycles. The highest BCUT2D eigenvalue weighted by molar-refractivity contribution is 6.42. The lowest BCUT2D eigenvalue weighted by molar-refractivity contribution is -0.131. The van der Waals surface area contributed by atoms with Crippen LogP contribution in [0.1, 0.15) is 11.1 Å². The van der Waals surface area contributed by atoms with Gasteiger partial charge in [-0.1, -0.05) is 59.6 Å². The molecule has 0 bridgehead atoms. The SMILES string of the molecule is O=C(O)/C=C/c1c(OCc2ccc(Cl)c(Cl)c2)ccc2ccccc12. The van der Waals surface area contributed by atoms with Crippen molar-refractivity contribution in [3.05, 3.63) is 81.8 Å². The Morgan fingerprint density at radius 3 is 2.60 bits per heavy atom. The number of aliphatic carboxylic acids is 1. The average molecular weight is 373 g/mol. The summed E-state index contributed by atoms with van der Waals surface area (Å²) in [5.41, 5.74) is 1.59. The third-order valence-corrected chi connectivity index (χ3v) is 4.44. The minimum Gasteiger partial charge on any atom is -0.488 e. The number of hydrogen-bond donors (Lipinski definition) is 1. The van der Waals surface area contributed by atoms with Gasteiger partial charge < -0.3 is 9.84 Å². The van der Waals surface area contributed by atoms with Crippen LogP contribution >= 0.6 is 23.2 Å². The largest absolute Gasteiger partial charge is 0.488 e. The van der Waals surface area contributed by atoms with Crippen LogP contribution in [0.5, 0.6) is 5.75 Å². The van der Waals surface area contributed by atoms with E-state index in [0.29, 0.717) is 22.4 Å². The molecule has 3 aromatic rings. The van der Waals surface area contributed by atoms with Gasteiger partial charge in [0.2, 0.25) is 0 Å². The van der Waals surface area contributed by atoms with Crippen LogP contribution in [0.25, 0.3) is 16.8 Å². The molecule has 5 heteroatoms. The second kappa shape index (κ2) is 7.60. The van der Waals surface area contributed by atoms with Gasteiger partial charge >= 0.3 is 5.97 Å². The van der Waals surface area contributed by atoms with Crippen molar-refractivity contribution in [2.24, 2.45) is 0 Å². The van der Waals surface area contributed by atoms with Crippen molar-refractivity contribution in [1.29, 1.82) is 0 Å². The quantitative estimate of drug-likeness (QED) is 0.573. The standard InChI is InChI=1S/C20H14Cl2O3/c21-17-8-5-13(11-18(17)22)12-25-19-9-6-14-3-1-2-4-15(14)16(19)7-10-20(23)24/h1-11H,12H2,(H,23,24)/b10-7+. The highest BCUT2D eigenvalue weighted by Gasteiger charge is 2.08. The first-order valence-corrected chi connectivity index (χ1v) is 8.29. The Morgan fingerprint density at radius 2 is 1.84 bits per heavy atom. The van der Waals surface area contributed by atoms with Crippen LogP contribution in [0.3, 0.4) is 0 Å². The predicted octanol–water partition coefficient (Wildman–Crippen LogP) is 5.82. The van der Waals surface area contributed by atoms with E-state index in [4.69, 9.17) is 33.0 Å². The molecule has 3 nitrogen and oxygen atoms in total. The summed E-state index contributed by atoms with van der Waals surface area (Å²) >= 11 is 11.9. The number of ether oxygens (including phenoxy) is 1. The number of halogens is 2. The number of carbonyl (C=O) groups is 1. The Kier molecular flexibility index (Phi) is 5.27. The van der Waals surface area contributed by atoms with Gasteiger partial charge in [0, 0.05) is 11.6 Å². The molecule has 3 rings (SSSR count). The molecule has 0 aliphatic rings. The fourth-order valence-electron chi connectivity index (χ4n) is 2.52. The molecule has 0 radical (unpaired) electrons. The van der Waals surface area contributed by atoms with Crippen molar-refractivity contribution in [2.75, 3.05) is 0 Å². The van der Waals surface area contributed by atoms with E-state index in [1.165, 1.54) is 0 Å². The summed E-state index contributed by atoms with van der Waals surface area (Å²) < 4.78 is 5.91. The van der Waals surface area contributed by atoms with Crippen LogP contribution in [-0.2, 0) is 11.4 Å². The summed E-state index contributed by atoms with van der Waals surface area (Å²) in [6.45, 7) is 0.295.